The zero-order valence-electron chi connectivity index (χ0n) is 9.32. The Balaban J connectivity index is 2.06. The number of fused-ring (bicyclic) bond motifs is 1. The molecule has 0 aliphatic heterocycles. The summed E-state index contributed by atoms with van der Waals surface area (Å²) < 4.78 is 0. The van der Waals surface area contributed by atoms with E-state index in [1.165, 1.54) is 0 Å². The number of rotatable bonds is 1. The molecule has 2 nitrogen and oxygen atoms in total. The van der Waals surface area contributed by atoms with Crippen LogP contribution in [0, 0.1) is 0 Å². The van der Waals surface area contributed by atoms with E-state index in [2.05, 4.69) is 0 Å². The van der Waals surface area contributed by atoms with E-state index in [1.54, 1.807) is 0 Å². The van der Waals surface area contributed by atoms with Crippen LogP contribution in [0.5, 0.6) is 0 Å². The average molecular weight is 226 g/mol. The van der Waals surface area contributed by atoms with Crippen molar-refractivity contribution in [1.82, 2.24) is 0 Å². The Morgan fingerprint density at radius 3 is 1.65 bits per heavy atom. The first-order valence-corrected chi connectivity index (χ1v) is 5.79. The van der Waals surface area contributed by atoms with Gasteiger partial charge >= 0.3 is 0 Å². The van der Waals surface area contributed by atoms with E-state index >= 15 is 0 Å². The topological polar surface area (TPSA) is 40.5 Å². The molecule has 3 rings (SSSR count). The lowest BCUT2D eigenvalue weighted by Gasteiger charge is -2.18. The fraction of sp³-hybridized carbons (Fsp3) is 0.200. The third-order valence-electron chi connectivity index (χ3n) is 3.50. The lowest BCUT2D eigenvalue weighted by Crippen LogP contribution is -2.09. The quantitative estimate of drug-likeness (QED) is 0.784. The van der Waals surface area contributed by atoms with Crippen molar-refractivity contribution in [1.29, 1.82) is 0 Å². The van der Waals surface area contributed by atoms with E-state index < -0.39 is 12.2 Å². The molecule has 17 heavy (non-hydrogen) atoms. The molecule has 0 amide bonds. The van der Waals surface area contributed by atoms with Crippen molar-refractivity contribution in [3.05, 3.63) is 71.3 Å². The molecule has 0 fully saturated rings. The van der Waals surface area contributed by atoms with Crippen LogP contribution in [-0.4, -0.2) is 10.2 Å². The highest BCUT2D eigenvalue weighted by molar-refractivity contribution is 5.42. The lowest BCUT2D eigenvalue weighted by atomic mass is 9.92. The van der Waals surface area contributed by atoms with Gasteiger partial charge in [0.25, 0.3) is 0 Å². The van der Waals surface area contributed by atoms with Crippen LogP contribution in [-0.2, 0) is 0 Å². The second kappa shape index (κ2) is 3.99. The van der Waals surface area contributed by atoms with Crippen LogP contribution >= 0.6 is 0 Å². The van der Waals surface area contributed by atoms with Crippen LogP contribution in [0.15, 0.2) is 54.6 Å². The summed E-state index contributed by atoms with van der Waals surface area (Å²) in [6, 6.07) is 17.2. The molecular formula is C15H14O2. The molecule has 0 bridgehead atoms. The Bertz CT molecular complexity index is 492. The molecule has 1 aliphatic rings. The van der Waals surface area contributed by atoms with Gasteiger partial charge < -0.3 is 10.2 Å². The van der Waals surface area contributed by atoms with Gasteiger partial charge in [-0.15, -0.1) is 0 Å². The molecule has 2 N–H and O–H groups in total. The summed E-state index contributed by atoms with van der Waals surface area (Å²) in [5.74, 6) is -0.256. The van der Waals surface area contributed by atoms with Gasteiger partial charge in [0.15, 0.2) is 0 Å². The first kappa shape index (κ1) is 10.5. The van der Waals surface area contributed by atoms with E-state index in [0.29, 0.717) is 0 Å². The molecule has 0 radical (unpaired) electrons. The highest BCUT2D eigenvalue weighted by Crippen LogP contribution is 2.49. The Morgan fingerprint density at radius 2 is 1.12 bits per heavy atom. The molecule has 1 aliphatic carbocycles. The van der Waals surface area contributed by atoms with Crippen molar-refractivity contribution in [2.75, 3.05) is 0 Å². The van der Waals surface area contributed by atoms with Crippen LogP contribution in [0.1, 0.15) is 34.8 Å². The number of aliphatic hydroxyl groups excluding tert-OH is 2. The maximum absolute atomic E-state index is 10.3. The van der Waals surface area contributed by atoms with Crippen LogP contribution < -0.4 is 0 Å². The normalized spacial score (nSPS) is 23.6. The number of hydrogen-bond acceptors (Lipinski definition) is 2. The Kier molecular flexibility index (Phi) is 2.46. The van der Waals surface area contributed by atoms with Gasteiger partial charge in [0.05, 0.1) is 12.2 Å². The fourth-order valence-electron chi connectivity index (χ4n) is 2.65. The molecule has 0 heterocycles. The second-order valence-electron chi connectivity index (χ2n) is 4.46. The predicted octanol–water partition coefficient (Wildman–Crippen LogP) is 2.55. The molecule has 2 aromatic rings. The largest absolute Gasteiger partial charge is 0.388 e. The molecular weight excluding hydrogens is 212 g/mol. The predicted molar refractivity (Wildman–Crippen MR) is 65.5 cm³/mol. The van der Waals surface area contributed by atoms with Crippen molar-refractivity contribution in [2.45, 2.75) is 18.1 Å². The van der Waals surface area contributed by atoms with Gasteiger partial charge in [-0.3, -0.25) is 0 Å². The Labute approximate surface area is 100 Å². The maximum atomic E-state index is 10.3. The number of hydrogen-bond donors (Lipinski definition) is 2. The van der Waals surface area contributed by atoms with Crippen molar-refractivity contribution in [3.8, 4) is 0 Å². The van der Waals surface area contributed by atoms with E-state index in [-0.39, 0.29) is 5.92 Å². The minimum Gasteiger partial charge on any atom is -0.388 e. The van der Waals surface area contributed by atoms with E-state index in [4.69, 9.17) is 0 Å². The summed E-state index contributed by atoms with van der Waals surface area (Å²) in [5.41, 5.74) is 2.66. The minimum atomic E-state index is -0.622. The lowest BCUT2D eigenvalue weighted by molar-refractivity contribution is 0.0771. The monoisotopic (exact) mass is 226 g/mol. The Hall–Kier alpha value is -1.64. The van der Waals surface area contributed by atoms with Crippen LogP contribution in [0.3, 0.4) is 0 Å². The molecule has 0 aromatic heterocycles. The first-order valence-electron chi connectivity index (χ1n) is 5.79. The third-order valence-corrected chi connectivity index (χ3v) is 3.50. The SMILES string of the molecule is O[C@H]1c2ccccc2[C@H](O)C1c1ccccc1. The van der Waals surface area contributed by atoms with E-state index in [0.717, 1.165) is 16.7 Å². The van der Waals surface area contributed by atoms with Crippen LogP contribution in [0.4, 0.5) is 0 Å². The molecule has 0 spiro atoms. The Morgan fingerprint density at radius 1 is 0.647 bits per heavy atom. The molecule has 86 valence electrons. The molecule has 0 saturated heterocycles. The van der Waals surface area contributed by atoms with Gasteiger partial charge in [-0.25, -0.2) is 0 Å². The number of benzene rings is 2. The highest BCUT2D eigenvalue weighted by Gasteiger charge is 2.39. The van der Waals surface area contributed by atoms with Gasteiger partial charge in [-0.2, -0.15) is 0 Å². The smallest absolute Gasteiger partial charge is 0.0890 e. The molecule has 0 unspecified atom stereocenters. The zero-order valence-corrected chi connectivity index (χ0v) is 9.32. The van der Waals surface area contributed by atoms with E-state index in [1.807, 2.05) is 54.6 Å². The van der Waals surface area contributed by atoms with Gasteiger partial charge in [-0.1, -0.05) is 54.6 Å². The van der Waals surface area contributed by atoms with Crippen molar-refractivity contribution in [3.63, 3.8) is 0 Å². The third kappa shape index (κ3) is 1.57. The summed E-state index contributed by atoms with van der Waals surface area (Å²) in [7, 11) is 0. The maximum Gasteiger partial charge on any atom is 0.0890 e. The van der Waals surface area contributed by atoms with Gasteiger partial charge in [0.1, 0.15) is 0 Å². The fourth-order valence-corrected chi connectivity index (χ4v) is 2.65. The van der Waals surface area contributed by atoms with Gasteiger partial charge in [0.2, 0.25) is 0 Å². The zero-order chi connectivity index (χ0) is 11.8. The van der Waals surface area contributed by atoms with Crippen LogP contribution in [0.2, 0.25) is 0 Å². The average Bonchev–Trinajstić information content (AvgIpc) is 2.64. The molecule has 2 heteroatoms. The van der Waals surface area contributed by atoms with Gasteiger partial charge in [0, 0.05) is 5.92 Å². The molecule has 2 atom stereocenters. The number of aliphatic hydroxyl groups is 2. The summed E-state index contributed by atoms with van der Waals surface area (Å²) in [4.78, 5) is 0. The summed E-state index contributed by atoms with van der Waals surface area (Å²) in [6.45, 7) is 0. The standard InChI is InChI=1S/C15H14O2/c16-14-11-8-4-5-9-12(11)15(17)13(14)10-6-2-1-3-7-10/h1-9,13-17H/t14-,15-/m0/s1. The van der Waals surface area contributed by atoms with Crippen molar-refractivity contribution in [2.24, 2.45) is 0 Å². The summed E-state index contributed by atoms with van der Waals surface area (Å²) >= 11 is 0. The van der Waals surface area contributed by atoms with Gasteiger partial charge in [-0.05, 0) is 16.7 Å². The molecule has 2 aromatic carbocycles. The molecule has 0 saturated carbocycles. The summed E-state index contributed by atoms with van der Waals surface area (Å²) in [5, 5.41) is 20.6. The second-order valence-corrected chi connectivity index (χ2v) is 4.46. The van der Waals surface area contributed by atoms with E-state index in [9.17, 15) is 10.2 Å². The van der Waals surface area contributed by atoms with Crippen molar-refractivity contribution >= 4 is 0 Å². The first-order chi connectivity index (χ1) is 8.29. The summed E-state index contributed by atoms with van der Waals surface area (Å²) in [6.07, 6.45) is -1.24. The van der Waals surface area contributed by atoms with Crippen molar-refractivity contribution < 1.29 is 10.2 Å². The highest BCUT2D eigenvalue weighted by atomic mass is 16.3. The minimum absolute atomic E-state index is 0.256. The van der Waals surface area contributed by atoms with Crippen LogP contribution in [0.25, 0.3) is 0 Å².